The highest BCUT2D eigenvalue weighted by Crippen LogP contribution is 2.31. The maximum Gasteiger partial charge on any atom is 0.373 e. The molecule has 1 rings (SSSR count). The van der Waals surface area contributed by atoms with Crippen LogP contribution in [0, 0.1) is 0 Å². The monoisotopic (exact) mass is 148 g/mol. The average molecular weight is 148 g/mol. The van der Waals surface area contributed by atoms with Gasteiger partial charge in [-0.2, -0.15) is 0 Å². The molecule has 1 heterocycles. The van der Waals surface area contributed by atoms with E-state index in [2.05, 4.69) is 9.97 Å². The van der Waals surface area contributed by atoms with Gasteiger partial charge < -0.3 is 14.8 Å². The van der Waals surface area contributed by atoms with E-state index < -0.39 is 7.60 Å². The molecule has 0 atom stereocenters. The smallest absolute Gasteiger partial charge is 0.338 e. The molecule has 0 aliphatic heterocycles. The number of rotatable bonds is 1. The van der Waals surface area contributed by atoms with Crippen molar-refractivity contribution in [1.29, 1.82) is 0 Å². The lowest BCUT2D eigenvalue weighted by molar-refractivity contribution is 0.386. The molecule has 0 amide bonds. The van der Waals surface area contributed by atoms with Gasteiger partial charge >= 0.3 is 7.60 Å². The number of nitrogens with one attached hydrogen (secondary N) is 1. The number of imidazole rings is 1. The van der Waals surface area contributed by atoms with Gasteiger partial charge in [0.05, 0.1) is 12.5 Å². The fourth-order valence-corrected chi connectivity index (χ4v) is 0.851. The van der Waals surface area contributed by atoms with Crippen molar-refractivity contribution in [3.05, 3.63) is 12.5 Å². The van der Waals surface area contributed by atoms with E-state index in [9.17, 15) is 4.57 Å². The van der Waals surface area contributed by atoms with Crippen molar-refractivity contribution < 1.29 is 14.4 Å². The maximum absolute atomic E-state index is 10.3. The molecule has 50 valence electrons. The summed E-state index contributed by atoms with van der Waals surface area (Å²) in [5, 5.41) is 0. The van der Waals surface area contributed by atoms with E-state index in [0.29, 0.717) is 0 Å². The highest BCUT2D eigenvalue weighted by molar-refractivity contribution is 7.59. The van der Waals surface area contributed by atoms with E-state index in [1.165, 1.54) is 6.33 Å². The van der Waals surface area contributed by atoms with Crippen LogP contribution in [0.2, 0.25) is 0 Å². The van der Waals surface area contributed by atoms with E-state index >= 15 is 0 Å². The summed E-state index contributed by atoms with van der Waals surface area (Å²) >= 11 is 0. The lowest BCUT2D eigenvalue weighted by Crippen LogP contribution is -2.02. The largest absolute Gasteiger partial charge is 0.373 e. The number of hydrogen-bond donors (Lipinski definition) is 3. The summed E-state index contributed by atoms with van der Waals surface area (Å²) in [4.78, 5) is 22.6. The van der Waals surface area contributed by atoms with Crippen molar-refractivity contribution >= 4 is 13.0 Å². The quantitative estimate of drug-likeness (QED) is 0.455. The molecule has 1 aromatic rings. The minimum Gasteiger partial charge on any atom is -0.338 e. The molecule has 9 heavy (non-hydrogen) atoms. The molecule has 0 radical (unpaired) electrons. The summed E-state index contributed by atoms with van der Waals surface area (Å²) < 4.78 is 10.3. The Hall–Kier alpha value is -0.640. The Morgan fingerprint density at radius 1 is 1.67 bits per heavy atom. The molecule has 0 aliphatic rings. The first-order chi connectivity index (χ1) is 4.11. The van der Waals surface area contributed by atoms with E-state index in [4.69, 9.17) is 9.79 Å². The molecule has 0 spiro atoms. The molecule has 0 saturated heterocycles. The van der Waals surface area contributed by atoms with Crippen molar-refractivity contribution in [2.24, 2.45) is 0 Å². The molecule has 0 bridgehead atoms. The van der Waals surface area contributed by atoms with Crippen LogP contribution >= 0.6 is 7.60 Å². The number of aromatic amines is 1. The molecule has 0 unspecified atom stereocenters. The van der Waals surface area contributed by atoms with E-state index in [0.717, 1.165) is 6.20 Å². The van der Waals surface area contributed by atoms with Crippen LogP contribution in [-0.2, 0) is 4.57 Å². The van der Waals surface area contributed by atoms with Gasteiger partial charge in [0.25, 0.3) is 0 Å². The first-order valence-electron chi connectivity index (χ1n) is 2.15. The second-order valence-corrected chi connectivity index (χ2v) is 3.05. The summed E-state index contributed by atoms with van der Waals surface area (Å²) in [6.07, 6.45) is 2.31. The summed E-state index contributed by atoms with van der Waals surface area (Å²) in [6, 6.07) is 0. The van der Waals surface area contributed by atoms with Crippen LogP contribution in [0.25, 0.3) is 0 Å². The Morgan fingerprint density at radius 3 is 2.56 bits per heavy atom. The lowest BCUT2D eigenvalue weighted by atomic mass is 11.0. The van der Waals surface area contributed by atoms with Crippen LogP contribution < -0.4 is 5.44 Å². The lowest BCUT2D eigenvalue weighted by Gasteiger charge is -1.95. The van der Waals surface area contributed by atoms with Crippen LogP contribution in [0.4, 0.5) is 0 Å². The molecule has 0 aromatic carbocycles. The molecule has 3 N–H and O–H groups in total. The van der Waals surface area contributed by atoms with Crippen molar-refractivity contribution in [2.75, 3.05) is 0 Å². The first kappa shape index (κ1) is 6.48. The van der Waals surface area contributed by atoms with Gasteiger partial charge in [-0.3, -0.25) is 4.57 Å². The zero-order chi connectivity index (χ0) is 6.91. The normalized spacial score (nSPS) is 11.8. The van der Waals surface area contributed by atoms with Gasteiger partial charge in [0.1, 0.15) is 5.44 Å². The third-order valence-corrected chi connectivity index (χ3v) is 1.67. The summed E-state index contributed by atoms with van der Waals surface area (Å²) in [5.41, 5.74) is -0.150. The minimum atomic E-state index is -4.09. The molecular weight excluding hydrogens is 143 g/mol. The van der Waals surface area contributed by atoms with Crippen LogP contribution in [-0.4, -0.2) is 19.8 Å². The molecular formula is C3H5N2O3P. The van der Waals surface area contributed by atoms with Gasteiger partial charge in [0, 0.05) is 0 Å². The third kappa shape index (κ3) is 1.38. The summed E-state index contributed by atoms with van der Waals surface area (Å²) in [7, 11) is -4.09. The standard InChI is InChI=1S/C3H5N2O3P/c6-9(7,8)3-1-4-2-5-3/h1-2H,(H,4,5)(H2,6,7,8). The van der Waals surface area contributed by atoms with E-state index in [1.54, 1.807) is 0 Å². The molecule has 0 saturated carbocycles. The van der Waals surface area contributed by atoms with Gasteiger partial charge in [0.2, 0.25) is 0 Å². The number of aromatic nitrogens is 2. The van der Waals surface area contributed by atoms with E-state index in [-0.39, 0.29) is 5.44 Å². The van der Waals surface area contributed by atoms with Crippen molar-refractivity contribution in [1.82, 2.24) is 9.97 Å². The molecule has 6 heteroatoms. The summed E-state index contributed by atoms with van der Waals surface area (Å²) in [6.45, 7) is 0. The number of H-pyrrole nitrogens is 1. The Morgan fingerprint density at radius 2 is 2.33 bits per heavy atom. The second kappa shape index (κ2) is 1.95. The Bertz CT molecular complexity index is 225. The van der Waals surface area contributed by atoms with E-state index in [1.807, 2.05) is 0 Å². The van der Waals surface area contributed by atoms with Crippen molar-refractivity contribution in [3.8, 4) is 0 Å². The Balaban J connectivity index is 3.04. The minimum absolute atomic E-state index is 0.150. The van der Waals surface area contributed by atoms with Crippen LogP contribution in [0.5, 0.6) is 0 Å². The zero-order valence-electron chi connectivity index (χ0n) is 4.35. The van der Waals surface area contributed by atoms with Gasteiger partial charge in [-0.1, -0.05) is 0 Å². The highest BCUT2D eigenvalue weighted by atomic mass is 31.2. The molecule has 1 aromatic heterocycles. The van der Waals surface area contributed by atoms with Gasteiger partial charge in [-0.15, -0.1) is 0 Å². The van der Waals surface area contributed by atoms with Gasteiger partial charge in [0.15, 0.2) is 0 Å². The predicted molar refractivity (Wildman–Crippen MR) is 30.3 cm³/mol. The fraction of sp³-hybridized carbons (Fsp3) is 0. The van der Waals surface area contributed by atoms with Crippen LogP contribution in [0.1, 0.15) is 0 Å². The van der Waals surface area contributed by atoms with Crippen LogP contribution in [0.15, 0.2) is 12.5 Å². The van der Waals surface area contributed by atoms with Gasteiger partial charge in [-0.25, -0.2) is 4.98 Å². The third-order valence-electron chi connectivity index (χ3n) is 0.798. The van der Waals surface area contributed by atoms with Gasteiger partial charge in [-0.05, 0) is 0 Å². The zero-order valence-corrected chi connectivity index (χ0v) is 5.25. The highest BCUT2D eigenvalue weighted by Gasteiger charge is 2.17. The Kier molecular flexibility index (Phi) is 1.40. The topological polar surface area (TPSA) is 86.2 Å². The van der Waals surface area contributed by atoms with Crippen molar-refractivity contribution in [2.45, 2.75) is 0 Å². The maximum atomic E-state index is 10.3. The average Bonchev–Trinajstić information content (AvgIpc) is 2.08. The molecule has 5 nitrogen and oxygen atoms in total. The second-order valence-electron chi connectivity index (χ2n) is 1.48. The fourth-order valence-electron chi connectivity index (χ4n) is 0.408. The Labute approximate surface area is 50.9 Å². The predicted octanol–water partition coefficient (Wildman–Crippen LogP) is -0.787. The number of nitrogens with zero attached hydrogens (tertiary/aromatic N) is 1. The number of hydrogen-bond acceptors (Lipinski definition) is 2. The molecule has 0 aliphatic carbocycles. The first-order valence-corrected chi connectivity index (χ1v) is 3.76. The SMILES string of the molecule is O=P(O)(O)c1cnc[nH]1. The molecule has 0 fully saturated rings. The van der Waals surface area contributed by atoms with Crippen molar-refractivity contribution in [3.63, 3.8) is 0 Å². The van der Waals surface area contributed by atoms with Crippen LogP contribution in [0.3, 0.4) is 0 Å². The summed E-state index contributed by atoms with van der Waals surface area (Å²) in [5.74, 6) is 0.